The van der Waals surface area contributed by atoms with Crippen molar-refractivity contribution in [2.45, 2.75) is 12.5 Å². The van der Waals surface area contributed by atoms with Gasteiger partial charge in [-0.1, -0.05) is 18.2 Å². The summed E-state index contributed by atoms with van der Waals surface area (Å²) in [6, 6.07) is 8.53. The number of fused-ring (bicyclic) bond motifs is 1. The molecule has 0 radical (unpaired) electrons. The average Bonchev–Trinajstić information content (AvgIpc) is 2.62. The lowest BCUT2D eigenvalue weighted by Crippen LogP contribution is -2.27. The van der Waals surface area contributed by atoms with Gasteiger partial charge in [0.25, 0.3) is 0 Å². The molecule has 1 heterocycles. The van der Waals surface area contributed by atoms with Gasteiger partial charge in [0.2, 0.25) is 0 Å². The maximum Gasteiger partial charge on any atom is 0.0616 e. The van der Waals surface area contributed by atoms with Gasteiger partial charge in [-0.2, -0.15) is 0 Å². The molecule has 0 saturated heterocycles. The molecule has 0 spiro atoms. The maximum atomic E-state index is 5.95. The number of hydrogen-bond acceptors (Lipinski definition) is 3. The molecule has 0 aliphatic rings. The minimum Gasteiger partial charge on any atom is -0.383 e. The van der Waals surface area contributed by atoms with E-state index < -0.39 is 0 Å². The van der Waals surface area contributed by atoms with Crippen LogP contribution in [0.3, 0.4) is 0 Å². The molecular weight excluding hydrogens is 206 g/mol. The molecule has 0 saturated carbocycles. The smallest absolute Gasteiger partial charge is 0.0616 e. The zero-order valence-electron chi connectivity index (χ0n) is 8.77. The van der Waals surface area contributed by atoms with Crippen LogP contribution in [0.15, 0.2) is 29.6 Å². The van der Waals surface area contributed by atoms with Crippen LogP contribution in [0.2, 0.25) is 0 Å². The Labute approximate surface area is 93.7 Å². The average molecular weight is 221 g/mol. The number of hydrogen-bond donors (Lipinski definition) is 1. The molecule has 2 aromatic rings. The fourth-order valence-corrected chi connectivity index (χ4v) is 2.72. The minimum atomic E-state index is 0.0907. The van der Waals surface area contributed by atoms with Gasteiger partial charge in [0.1, 0.15) is 0 Å². The number of nitrogens with two attached hydrogens (primary N) is 1. The summed E-state index contributed by atoms with van der Waals surface area (Å²) in [5, 5.41) is 3.52. The summed E-state index contributed by atoms with van der Waals surface area (Å²) in [6.45, 7) is 0.615. The first-order valence-electron chi connectivity index (χ1n) is 5.01. The molecule has 2 N–H and O–H groups in total. The van der Waals surface area contributed by atoms with Crippen LogP contribution >= 0.6 is 11.3 Å². The highest BCUT2D eigenvalue weighted by molar-refractivity contribution is 7.17. The molecule has 0 bridgehead atoms. The maximum absolute atomic E-state index is 5.95. The van der Waals surface area contributed by atoms with Crippen molar-refractivity contribution >= 4 is 21.4 Å². The molecule has 1 aromatic carbocycles. The fourth-order valence-electron chi connectivity index (χ4n) is 1.75. The van der Waals surface area contributed by atoms with E-state index >= 15 is 0 Å². The molecule has 0 aliphatic heterocycles. The van der Waals surface area contributed by atoms with E-state index in [0.717, 1.165) is 6.42 Å². The number of benzene rings is 1. The van der Waals surface area contributed by atoms with Crippen molar-refractivity contribution in [1.29, 1.82) is 0 Å². The highest BCUT2D eigenvalue weighted by atomic mass is 32.1. The second-order valence-corrected chi connectivity index (χ2v) is 4.59. The molecule has 15 heavy (non-hydrogen) atoms. The van der Waals surface area contributed by atoms with E-state index in [-0.39, 0.29) is 6.04 Å². The summed E-state index contributed by atoms with van der Waals surface area (Å²) in [5.41, 5.74) is 7.28. The van der Waals surface area contributed by atoms with Crippen LogP contribution in [-0.4, -0.2) is 19.8 Å². The van der Waals surface area contributed by atoms with Crippen LogP contribution in [0, 0.1) is 0 Å². The fraction of sp³-hybridized carbons (Fsp3) is 0.333. The molecule has 1 aromatic heterocycles. The zero-order valence-corrected chi connectivity index (χ0v) is 9.59. The Balaban J connectivity index is 2.21. The Kier molecular flexibility index (Phi) is 3.36. The molecule has 2 nitrogen and oxygen atoms in total. The third-order valence-electron chi connectivity index (χ3n) is 2.42. The van der Waals surface area contributed by atoms with Crippen LogP contribution in [0.5, 0.6) is 0 Å². The summed E-state index contributed by atoms with van der Waals surface area (Å²) in [5.74, 6) is 0. The van der Waals surface area contributed by atoms with Gasteiger partial charge in [0.05, 0.1) is 6.61 Å². The second-order valence-electron chi connectivity index (χ2n) is 3.68. The third kappa shape index (κ3) is 2.37. The van der Waals surface area contributed by atoms with E-state index in [9.17, 15) is 0 Å². The van der Waals surface area contributed by atoms with Crippen molar-refractivity contribution in [3.63, 3.8) is 0 Å². The molecule has 0 amide bonds. The van der Waals surface area contributed by atoms with Crippen LogP contribution in [0.4, 0.5) is 0 Å². The summed E-state index contributed by atoms with van der Waals surface area (Å²) in [4.78, 5) is 0. The van der Waals surface area contributed by atoms with E-state index in [4.69, 9.17) is 10.5 Å². The van der Waals surface area contributed by atoms with Crippen LogP contribution in [-0.2, 0) is 11.2 Å². The first-order chi connectivity index (χ1) is 7.31. The molecule has 2 rings (SSSR count). The number of ether oxygens (including phenoxy) is 1. The molecular formula is C12H15NOS. The summed E-state index contributed by atoms with van der Waals surface area (Å²) < 4.78 is 6.37. The van der Waals surface area contributed by atoms with Crippen LogP contribution in [0.1, 0.15) is 5.56 Å². The minimum absolute atomic E-state index is 0.0907. The monoisotopic (exact) mass is 221 g/mol. The Morgan fingerprint density at radius 2 is 2.20 bits per heavy atom. The quantitative estimate of drug-likeness (QED) is 0.860. The van der Waals surface area contributed by atoms with E-state index in [2.05, 4.69) is 29.6 Å². The number of rotatable bonds is 4. The lowest BCUT2D eigenvalue weighted by molar-refractivity contribution is 0.180. The molecule has 3 heteroatoms. The Hall–Kier alpha value is -0.900. The normalized spacial score (nSPS) is 13.2. The molecule has 0 aliphatic carbocycles. The van der Waals surface area contributed by atoms with Gasteiger partial charge in [-0.15, -0.1) is 11.3 Å². The van der Waals surface area contributed by atoms with Crippen molar-refractivity contribution in [3.8, 4) is 0 Å². The number of methoxy groups -OCH3 is 1. The predicted octanol–water partition coefficient (Wildman–Crippen LogP) is 2.42. The van der Waals surface area contributed by atoms with Gasteiger partial charge >= 0.3 is 0 Å². The lowest BCUT2D eigenvalue weighted by atomic mass is 10.1. The lowest BCUT2D eigenvalue weighted by Gasteiger charge is -2.09. The van der Waals surface area contributed by atoms with Gasteiger partial charge in [0.15, 0.2) is 0 Å². The first-order valence-corrected chi connectivity index (χ1v) is 5.89. The summed E-state index contributed by atoms with van der Waals surface area (Å²) >= 11 is 1.78. The van der Waals surface area contributed by atoms with Crippen molar-refractivity contribution < 1.29 is 4.74 Å². The van der Waals surface area contributed by atoms with E-state index in [1.807, 2.05) is 0 Å². The van der Waals surface area contributed by atoms with Gasteiger partial charge in [-0.25, -0.2) is 0 Å². The zero-order chi connectivity index (χ0) is 10.7. The Bertz CT molecular complexity index is 438. The highest BCUT2D eigenvalue weighted by Gasteiger charge is 2.08. The topological polar surface area (TPSA) is 35.2 Å². The van der Waals surface area contributed by atoms with Crippen molar-refractivity contribution in [3.05, 3.63) is 35.2 Å². The predicted molar refractivity (Wildman–Crippen MR) is 65.4 cm³/mol. The van der Waals surface area contributed by atoms with Crippen molar-refractivity contribution in [2.75, 3.05) is 13.7 Å². The van der Waals surface area contributed by atoms with Crippen molar-refractivity contribution in [2.24, 2.45) is 5.73 Å². The van der Waals surface area contributed by atoms with Crippen molar-refractivity contribution in [1.82, 2.24) is 0 Å². The number of thiophene rings is 1. The van der Waals surface area contributed by atoms with Crippen LogP contribution in [0.25, 0.3) is 10.1 Å². The van der Waals surface area contributed by atoms with E-state index in [1.54, 1.807) is 18.4 Å². The van der Waals surface area contributed by atoms with E-state index in [1.165, 1.54) is 15.6 Å². The second kappa shape index (κ2) is 4.75. The Morgan fingerprint density at radius 3 is 3.00 bits per heavy atom. The largest absolute Gasteiger partial charge is 0.383 e. The molecule has 80 valence electrons. The standard InChI is InChI=1S/C12H15NOS/c1-14-7-10(13)6-9-8-15-12-5-3-2-4-11(9)12/h2-5,8,10H,6-7,13H2,1H3/t10-/m0/s1. The van der Waals surface area contributed by atoms with Gasteiger partial charge in [-0.05, 0) is 28.8 Å². The molecule has 0 fully saturated rings. The first kappa shape index (κ1) is 10.6. The van der Waals surface area contributed by atoms with E-state index in [0.29, 0.717) is 6.61 Å². The highest BCUT2D eigenvalue weighted by Crippen LogP contribution is 2.26. The van der Waals surface area contributed by atoms with Gasteiger partial charge in [-0.3, -0.25) is 0 Å². The van der Waals surface area contributed by atoms with Gasteiger partial charge < -0.3 is 10.5 Å². The molecule has 1 atom stereocenters. The molecule has 0 unspecified atom stereocenters. The van der Waals surface area contributed by atoms with Crippen LogP contribution < -0.4 is 5.73 Å². The third-order valence-corrected chi connectivity index (χ3v) is 3.44. The summed E-state index contributed by atoms with van der Waals surface area (Å²) in [6.07, 6.45) is 0.887. The summed E-state index contributed by atoms with van der Waals surface area (Å²) in [7, 11) is 1.69. The van der Waals surface area contributed by atoms with Gasteiger partial charge in [0, 0.05) is 17.9 Å². The Morgan fingerprint density at radius 1 is 1.40 bits per heavy atom. The SMILES string of the molecule is COC[C@@H](N)Cc1csc2ccccc12.